The smallest absolute Gasteiger partial charge is 0.397 e. The van der Waals surface area contributed by atoms with E-state index < -0.39 is 11.8 Å². The van der Waals surface area contributed by atoms with E-state index in [0.29, 0.717) is 10.0 Å². The Morgan fingerprint density at radius 1 is 1.50 bits per heavy atom. The summed E-state index contributed by atoms with van der Waals surface area (Å²) in [7, 11) is 0. The molecule has 7 heteroatoms. The number of hydrogen-bond donors (Lipinski definition) is 0. The van der Waals surface area contributed by atoms with Gasteiger partial charge in [0.1, 0.15) is 5.82 Å². The Labute approximate surface area is 110 Å². The lowest BCUT2D eigenvalue weighted by Gasteiger charge is -1.96. The van der Waals surface area contributed by atoms with Crippen LogP contribution in [0, 0.1) is 5.82 Å². The number of ether oxygens (including phenoxy) is 1. The fourth-order valence-electron chi connectivity index (χ4n) is 1.30. The van der Waals surface area contributed by atoms with Gasteiger partial charge < -0.3 is 9.26 Å². The molecule has 2 rings (SSSR count). The van der Waals surface area contributed by atoms with Crippen LogP contribution in [0.4, 0.5) is 4.39 Å². The van der Waals surface area contributed by atoms with Crippen molar-refractivity contribution >= 4 is 21.9 Å². The third kappa shape index (κ3) is 2.73. The van der Waals surface area contributed by atoms with Crippen molar-refractivity contribution in [1.29, 1.82) is 0 Å². The van der Waals surface area contributed by atoms with E-state index in [2.05, 4.69) is 26.1 Å². The molecule has 0 fully saturated rings. The Balaban J connectivity index is 2.32. The zero-order chi connectivity index (χ0) is 13.1. The van der Waals surface area contributed by atoms with Gasteiger partial charge >= 0.3 is 11.9 Å². The van der Waals surface area contributed by atoms with Crippen molar-refractivity contribution in [3.8, 4) is 11.4 Å². The van der Waals surface area contributed by atoms with Gasteiger partial charge in [-0.2, -0.15) is 4.98 Å². The number of esters is 1. The van der Waals surface area contributed by atoms with Crippen LogP contribution in [-0.4, -0.2) is 22.7 Å². The van der Waals surface area contributed by atoms with Crippen LogP contribution in [-0.2, 0) is 4.74 Å². The highest BCUT2D eigenvalue weighted by molar-refractivity contribution is 9.10. The van der Waals surface area contributed by atoms with E-state index in [4.69, 9.17) is 9.26 Å². The first-order valence-corrected chi connectivity index (χ1v) is 5.86. The van der Waals surface area contributed by atoms with E-state index in [9.17, 15) is 9.18 Å². The fraction of sp³-hybridized carbons (Fsp3) is 0.182. The van der Waals surface area contributed by atoms with Crippen molar-refractivity contribution in [2.75, 3.05) is 6.61 Å². The molecule has 0 saturated carbocycles. The highest BCUT2D eigenvalue weighted by Crippen LogP contribution is 2.22. The van der Waals surface area contributed by atoms with Crippen LogP contribution < -0.4 is 0 Å². The minimum atomic E-state index is -0.702. The van der Waals surface area contributed by atoms with Crippen LogP contribution in [0.3, 0.4) is 0 Å². The quantitative estimate of drug-likeness (QED) is 0.815. The highest BCUT2D eigenvalue weighted by Gasteiger charge is 2.17. The maximum atomic E-state index is 13.2. The van der Waals surface area contributed by atoms with Crippen molar-refractivity contribution in [2.45, 2.75) is 6.92 Å². The zero-order valence-corrected chi connectivity index (χ0v) is 10.9. The van der Waals surface area contributed by atoms with Crippen LogP contribution in [0.1, 0.15) is 17.6 Å². The average Bonchev–Trinajstić information content (AvgIpc) is 2.77. The van der Waals surface area contributed by atoms with Crippen LogP contribution in [0.2, 0.25) is 0 Å². The van der Waals surface area contributed by atoms with Gasteiger partial charge in [0.15, 0.2) is 0 Å². The van der Waals surface area contributed by atoms with Gasteiger partial charge in [-0.05, 0) is 25.1 Å². The number of rotatable bonds is 3. The zero-order valence-electron chi connectivity index (χ0n) is 9.31. The molecule has 94 valence electrons. The Morgan fingerprint density at radius 2 is 2.28 bits per heavy atom. The second kappa shape index (κ2) is 5.26. The van der Waals surface area contributed by atoms with E-state index in [1.54, 1.807) is 13.0 Å². The monoisotopic (exact) mass is 314 g/mol. The Kier molecular flexibility index (Phi) is 3.71. The maximum absolute atomic E-state index is 13.2. The molecule has 0 aliphatic carbocycles. The molecular weight excluding hydrogens is 307 g/mol. The highest BCUT2D eigenvalue weighted by atomic mass is 79.9. The molecule has 0 aliphatic rings. The molecule has 18 heavy (non-hydrogen) atoms. The normalized spacial score (nSPS) is 10.4. The van der Waals surface area contributed by atoms with E-state index in [-0.39, 0.29) is 18.3 Å². The summed E-state index contributed by atoms with van der Waals surface area (Å²) in [6.45, 7) is 1.88. The van der Waals surface area contributed by atoms with Gasteiger partial charge in [-0.3, -0.25) is 0 Å². The van der Waals surface area contributed by atoms with E-state index in [1.807, 2.05) is 0 Å². The summed E-state index contributed by atoms with van der Waals surface area (Å²) in [6, 6.07) is 4.16. The lowest BCUT2D eigenvalue weighted by atomic mass is 10.2. The first-order valence-electron chi connectivity index (χ1n) is 5.07. The molecule has 1 aromatic carbocycles. The molecule has 0 aliphatic heterocycles. The SMILES string of the molecule is CCOC(=O)c1nc(-c2cc(F)cc(Br)c2)no1. The summed E-state index contributed by atoms with van der Waals surface area (Å²) in [6.07, 6.45) is 0. The molecule has 0 amide bonds. The molecule has 2 aromatic rings. The fourth-order valence-corrected chi connectivity index (χ4v) is 1.76. The Bertz CT molecular complexity index is 565. The lowest BCUT2D eigenvalue weighted by molar-refractivity contribution is 0.0470. The van der Waals surface area contributed by atoms with E-state index in [0.717, 1.165) is 0 Å². The predicted molar refractivity (Wildman–Crippen MR) is 63.3 cm³/mol. The van der Waals surface area contributed by atoms with Gasteiger partial charge in [0, 0.05) is 10.0 Å². The molecule has 0 atom stereocenters. The van der Waals surface area contributed by atoms with E-state index >= 15 is 0 Å². The topological polar surface area (TPSA) is 65.2 Å². The molecule has 0 radical (unpaired) electrons. The van der Waals surface area contributed by atoms with Crippen molar-refractivity contribution in [2.24, 2.45) is 0 Å². The molecule has 0 bridgehead atoms. The number of aromatic nitrogens is 2. The molecule has 1 aromatic heterocycles. The second-order valence-corrected chi connectivity index (χ2v) is 4.22. The van der Waals surface area contributed by atoms with Crippen LogP contribution in [0.25, 0.3) is 11.4 Å². The van der Waals surface area contributed by atoms with Crippen molar-refractivity contribution in [3.05, 3.63) is 34.4 Å². The minimum Gasteiger partial charge on any atom is -0.459 e. The number of benzene rings is 1. The molecule has 0 saturated heterocycles. The van der Waals surface area contributed by atoms with Gasteiger partial charge in [0.05, 0.1) is 6.61 Å². The first-order chi connectivity index (χ1) is 8.60. The minimum absolute atomic E-state index is 0.123. The third-order valence-electron chi connectivity index (χ3n) is 2.00. The van der Waals surface area contributed by atoms with Crippen LogP contribution in [0.5, 0.6) is 0 Å². The molecule has 5 nitrogen and oxygen atoms in total. The van der Waals surface area contributed by atoms with Crippen molar-refractivity contribution in [1.82, 2.24) is 10.1 Å². The van der Waals surface area contributed by atoms with E-state index in [1.165, 1.54) is 12.1 Å². The number of carbonyl (C=O) groups excluding carboxylic acids is 1. The van der Waals surface area contributed by atoms with Gasteiger partial charge in [-0.25, -0.2) is 9.18 Å². The van der Waals surface area contributed by atoms with Crippen LogP contribution in [0.15, 0.2) is 27.2 Å². The number of nitrogens with zero attached hydrogens (tertiary/aromatic N) is 2. The number of halogens is 2. The van der Waals surface area contributed by atoms with Gasteiger partial charge in [-0.15, -0.1) is 0 Å². The summed E-state index contributed by atoms with van der Waals surface area (Å²) in [5.41, 5.74) is 0.404. The molecule has 1 heterocycles. The lowest BCUT2D eigenvalue weighted by Crippen LogP contribution is -2.04. The summed E-state index contributed by atoms with van der Waals surface area (Å²) in [5.74, 6) is -1.28. The Morgan fingerprint density at radius 3 is 2.94 bits per heavy atom. The molecule has 0 spiro atoms. The summed E-state index contributed by atoms with van der Waals surface area (Å²) >= 11 is 3.15. The first kappa shape index (κ1) is 12.7. The number of carbonyl (C=O) groups is 1. The molecule has 0 unspecified atom stereocenters. The number of hydrogen-bond acceptors (Lipinski definition) is 5. The Hall–Kier alpha value is -1.76. The molecule has 0 N–H and O–H groups in total. The summed E-state index contributed by atoms with van der Waals surface area (Å²) in [4.78, 5) is 15.2. The standard InChI is InChI=1S/C11H8BrFN2O3/c1-2-17-11(16)10-14-9(15-18-10)6-3-7(12)5-8(13)4-6/h3-5H,2H2,1H3. The third-order valence-corrected chi connectivity index (χ3v) is 2.45. The van der Waals surface area contributed by atoms with Crippen LogP contribution >= 0.6 is 15.9 Å². The largest absolute Gasteiger partial charge is 0.459 e. The predicted octanol–water partition coefficient (Wildman–Crippen LogP) is 2.81. The molecular formula is C11H8BrFN2O3. The van der Waals surface area contributed by atoms with Gasteiger partial charge in [-0.1, -0.05) is 21.1 Å². The van der Waals surface area contributed by atoms with Gasteiger partial charge in [0.2, 0.25) is 5.82 Å². The summed E-state index contributed by atoms with van der Waals surface area (Å²) < 4.78 is 23.2. The average molecular weight is 315 g/mol. The maximum Gasteiger partial charge on any atom is 0.397 e. The summed E-state index contributed by atoms with van der Waals surface area (Å²) in [5, 5.41) is 3.60. The second-order valence-electron chi connectivity index (χ2n) is 3.30. The van der Waals surface area contributed by atoms with Gasteiger partial charge in [0.25, 0.3) is 0 Å². The van der Waals surface area contributed by atoms with Crippen molar-refractivity contribution in [3.63, 3.8) is 0 Å². The van der Waals surface area contributed by atoms with Crippen molar-refractivity contribution < 1.29 is 18.4 Å².